The van der Waals surface area contributed by atoms with Crippen molar-refractivity contribution in [1.29, 1.82) is 0 Å². The highest BCUT2D eigenvalue weighted by atomic mass is 35.5. The highest BCUT2D eigenvalue weighted by Gasteiger charge is 2.30. The lowest BCUT2D eigenvalue weighted by atomic mass is 9.88. The average molecular weight is 229 g/mol. The van der Waals surface area contributed by atoms with Crippen molar-refractivity contribution in [3.05, 3.63) is 0 Å². The summed E-state index contributed by atoms with van der Waals surface area (Å²) in [6.45, 7) is 3.22. The molecule has 0 saturated heterocycles. The van der Waals surface area contributed by atoms with E-state index in [9.17, 15) is 9.59 Å². The lowest BCUT2D eigenvalue weighted by Crippen LogP contribution is -2.25. The Morgan fingerprint density at radius 3 is 2.15 bits per heavy atom. The molecule has 6 heteroatoms. The molecule has 0 saturated carbocycles. The lowest BCUT2D eigenvalue weighted by Gasteiger charge is -2.18. The van der Waals surface area contributed by atoms with Gasteiger partial charge in [0.05, 0.1) is 5.41 Å². The van der Waals surface area contributed by atoms with Crippen molar-refractivity contribution in [2.75, 3.05) is 0 Å². The summed E-state index contributed by atoms with van der Waals surface area (Å²) in [5.74, 6) is -1.17. The summed E-state index contributed by atoms with van der Waals surface area (Å²) in [4.78, 5) is 21.6. The smallest absolute Gasteiger partial charge is 0.330 e. The van der Waals surface area contributed by atoms with E-state index in [1.165, 1.54) is 0 Å². The Balaban J connectivity index is 4.03. The number of hydrogen-bond donors (Lipinski definition) is 0. The zero-order valence-electron chi connectivity index (χ0n) is 7.30. The van der Waals surface area contributed by atoms with Gasteiger partial charge in [-0.2, -0.15) is 0 Å². The first-order valence-corrected chi connectivity index (χ1v) is 4.20. The maximum absolute atomic E-state index is 11.0. The zero-order chi connectivity index (χ0) is 10.5. The van der Waals surface area contributed by atoms with Gasteiger partial charge in [0.15, 0.2) is 0 Å². The van der Waals surface area contributed by atoms with Gasteiger partial charge in [0, 0.05) is 6.42 Å². The first-order chi connectivity index (χ1) is 5.94. The Morgan fingerprint density at radius 1 is 1.23 bits per heavy atom. The number of carbonyl (C=O) groups is 2. The van der Waals surface area contributed by atoms with E-state index in [2.05, 4.69) is 8.58 Å². The molecule has 76 valence electrons. The lowest BCUT2D eigenvalue weighted by molar-refractivity contribution is -0.144. The largest absolute Gasteiger partial charge is 0.348 e. The van der Waals surface area contributed by atoms with Crippen molar-refractivity contribution >= 4 is 35.7 Å². The van der Waals surface area contributed by atoms with Crippen LogP contribution in [0.15, 0.2) is 0 Å². The summed E-state index contributed by atoms with van der Waals surface area (Å²) >= 11 is 9.70. The molecule has 0 aromatic heterocycles. The molecule has 0 unspecified atom stereocenters. The second kappa shape index (κ2) is 5.29. The molecule has 0 atom stereocenters. The molecule has 0 radical (unpaired) electrons. The normalized spacial score (nSPS) is 10.8. The van der Waals surface area contributed by atoms with Crippen molar-refractivity contribution < 1.29 is 18.2 Å². The summed E-state index contributed by atoms with van der Waals surface area (Å²) in [5, 5.41) is 0. The van der Waals surface area contributed by atoms with Gasteiger partial charge in [-0.3, -0.25) is 4.79 Å². The van der Waals surface area contributed by atoms with Gasteiger partial charge in [-0.15, -0.1) is 0 Å². The third-order valence-electron chi connectivity index (χ3n) is 1.66. The summed E-state index contributed by atoms with van der Waals surface area (Å²) in [7, 11) is 0. The average Bonchev–Trinajstić information content (AvgIpc) is 2.12. The van der Waals surface area contributed by atoms with Gasteiger partial charge in [0.25, 0.3) is 0 Å². The van der Waals surface area contributed by atoms with Crippen LogP contribution in [0.25, 0.3) is 0 Å². The molecule has 0 aliphatic carbocycles. The topological polar surface area (TPSA) is 52.6 Å². The van der Waals surface area contributed by atoms with Gasteiger partial charge < -0.3 is 8.58 Å². The van der Waals surface area contributed by atoms with Crippen molar-refractivity contribution in [2.45, 2.75) is 26.7 Å². The summed E-state index contributed by atoms with van der Waals surface area (Å²) in [5.41, 5.74) is -0.813. The number of carbonyl (C=O) groups excluding carboxylic acids is 2. The van der Waals surface area contributed by atoms with E-state index in [1.807, 2.05) is 0 Å². The standard InChI is InChI=1S/C7H10Cl2O4/c1-7(2,6(11)13-9)4-3-5(10)12-8/h3-4H2,1-2H3. The molecule has 0 amide bonds. The Labute approximate surface area is 86.4 Å². The van der Waals surface area contributed by atoms with E-state index in [0.29, 0.717) is 0 Å². The van der Waals surface area contributed by atoms with Crippen LogP contribution in [0.5, 0.6) is 0 Å². The van der Waals surface area contributed by atoms with Gasteiger partial charge in [0.1, 0.15) is 23.7 Å². The van der Waals surface area contributed by atoms with Crippen LogP contribution in [0.2, 0.25) is 0 Å². The predicted octanol–water partition coefficient (Wildman–Crippen LogP) is 2.19. The third-order valence-corrected chi connectivity index (χ3v) is 1.98. The second-order valence-corrected chi connectivity index (χ2v) is 3.51. The van der Waals surface area contributed by atoms with Crippen molar-refractivity contribution in [3.8, 4) is 0 Å². The summed E-state index contributed by atoms with van der Waals surface area (Å²) in [6.07, 6.45) is 0.312. The molecule has 0 rings (SSSR count). The van der Waals surface area contributed by atoms with Crippen molar-refractivity contribution in [3.63, 3.8) is 0 Å². The molecule has 0 spiro atoms. The first kappa shape index (κ1) is 12.5. The Hall–Kier alpha value is -0.480. The van der Waals surface area contributed by atoms with Gasteiger partial charge in [-0.1, -0.05) is 0 Å². The number of hydrogen-bond acceptors (Lipinski definition) is 4. The van der Waals surface area contributed by atoms with Gasteiger partial charge >= 0.3 is 11.9 Å². The van der Waals surface area contributed by atoms with Gasteiger partial charge in [0.2, 0.25) is 0 Å². The summed E-state index contributed by atoms with van der Waals surface area (Å²) in [6, 6.07) is 0. The highest BCUT2D eigenvalue weighted by molar-refractivity contribution is 6.14. The molecule has 0 aliphatic rings. The van der Waals surface area contributed by atoms with Crippen molar-refractivity contribution in [2.24, 2.45) is 5.41 Å². The fourth-order valence-electron chi connectivity index (χ4n) is 0.660. The molecule has 0 fully saturated rings. The van der Waals surface area contributed by atoms with Crippen LogP contribution in [0, 0.1) is 5.41 Å². The minimum atomic E-state index is -0.813. The van der Waals surface area contributed by atoms with E-state index < -0.39 is 17.4 Å². The van der Waals surface area contributed by atoms with Crippen LogP contribution in [0.1, 0.15) is 26.7 Å². The molecule has 0 aliphatic heterocycles. The molecular formula is C7H10Cl2O4. The molecule has 0 aromatic carbocycles. The number of rotatable bonds is 4. The number of halogens is 2. The maximum atomic E-state index is 11.0. The Morgan fingerprint density at radius 2 is 1.77 bits per heavy atom. The van der Waals surface area contributed by atoms with E-state index in [-0.39, 0.29) is 12.8 Å². The van der Waals surface area contributed by atoms with Crippen LogP contribution >= 0.6 is 23.7 Å². The molecular weight excluding hydrogens is 219 g/mol. The molecule has 0 aromatic rings. The fraction of sp³-hybridized carbons (Fsp3) is 0.714. The minimum Gasteiger partial charge on any atom is -0.348 e. The van der Waals surface area contributed by atoms with E-state index in [1.54, 1.807) is 13.8 Å². The second-order valence-electron chi connectivity index (χ2n) is 3.20. The van der Waals surface area contributed by atoms with Crippen LogP contribution in [-0.2, 0) is 18.2 Å². The van der Waals surface area contributed by atoms with E-state index in [0.717, 1.165) is 0 Å². The monoisotopic (exact) mass is 228 g/mol. The predicted molar refractivity (Wildman–Crippen MR) is 46.9 cm³/mol. The maximum Gasteiger partial charge on any atom is 0.330 e. The minimum absolute atomic E-state index is 0.0441. The van der Waals surface area contributed by atoms with Crippen LogP contribution < -0.4 is 0 Å². The van der Waals surface area contributed by atoms with Crippen LogP contribution in [0.4, 0.5) is 0 Å². The molecule has 0 N–H and O–H groups in total. The van der Waals surface area contributed by atoms with Gasteiger partial charge in [-0.25, -0.2) is 4.79 Å². The zero-order valence-corrected chi connectivity index (χ0v) is 8.81. The molecule has 0 heterocycles. The Kier molecular flexibility index (Phi) is 5.10. The molecule has 4 nitrogen and oxygen atoms in total. The first-order valence-electron chi connectivity index (χ1n) is 3.58. The van der Waals surface area contributed by atoms with Crippen LogP contribution in [0.3, 0.4) is 0 Å². The highest BCUT2D eigenvalue weighted by Crippen LogP contribution is 2.24. The third kappa shape index (κ3) is 4.33. The SMILES string of the molecule is CC(C)(CCC(=O)OCl)C(=O)OCl. The van der Waals surface area contributed by atoms with Crippen molar-refractivity contribution in [1.82, 2.24) is 0 Å². The molecule has 0 bridgehead atoms. The van der Waals surface area contributed by atoms with E-state index >= 15 is 0 Å². The van der Waals surface area contributed by atoms with E-state index in [4.69, 9.17) is 23.7 Å². The summed E-state index contributed by atoms with van der Waals surface area (Å²) < 4.78 is 7.94. The fourth-order valence-corrected chi connectivity index (χ4v) is 0.946. The quantitative estimate of drug-likeness (QED) is 0.741. The van der Waals surface area contributed by atoms with Crippen LogP contribution in [-0.4, -0.2) is 11.9 Å². The van der Waals surface area contributed by atoms with Gasteiger partial charge in [-0.05, 0) is 20.3 Å². The molecule has 13 heavy (non-hydrogen) atoms. The Bertz CT molecular complexity index is 203.